The highest BCUT2D eigenvalue weighted by atomic mass is 28.3. The molecule has 1 fully saturated rings. The number of carbonyl (C=O) groups excluding carboxylic acids is 1. The maximum atomic E-state index is 12.4. The van der Waals surface area contributed by atoms with E-state index in [-0.39, 0.29) is 23.8 Å². The molecular weight excluding hydrogens is 374 g/mol. The molecule has 1 aliphatic heterocycles. The molecule has 1 saturated heterocycles. The number of nitro groups is 1. The van der Waals surface area contributed by atoms with Gasteiger partial charge >= 0.3 is 5.97 Å². The normalized spacial score (nSPS) is 22.0. The lowest BCUT2D eigenvalue weighted by Gasteiger charge is -2.28. The van der Waals surface area contributed by atoms with E-state index in [1.165, 1.54) is 29.5 Å². The van der Waals surface area contributed by atoms with Crippen molar-refractivity contribution < 1.29 is 19.2 Å². The van der Waals surface area contributed by atoms with Crippen molar-refractivity contribution in [2.75, 3.05) is 6.61 Å². The van der Waals surface area contributed by atoms with Gasteiger partial charge in [0.1, 0.15) is 6.10 Å². The van der Waals surface area contributed by atoms with E-state index in [4.69, 9.17) is 9.47 Å². The van der Waals surface area contributed by atoms with E-state index in [9.17, 15) is 14.9 Å². The molecule has 0 spiro atoms. The predicted molar refractivity (Wildman–Crippen MR) is 110 cm³/mol. The van der Waals surface area contributed by atoms with Crippen molar-refractivity contribution in [2.45, 2.75) is 38.3 Å². The highest BCUT2D eigenvalue weighted by Gasteiger charge is 2.40. The van der Waals surface area contributed by atoms with E-state index >= 15 is 0 Å². The lowest BCUT2D eigenvalue weighted by atomic mass is 10.0. The van der Waals surface area contributed by atoms with Crippen LogP contribution in [0.25, 0.3) is 0 Å². The summed E-state index contributed by atoms with van der Waals surface area (Å²) in [5.74, 6) is -0.381. The fourth-order valence-corrected chi connectivity index (χ4v) is 6.41. The number of hydrogen-bond acceptors (Lipinski definition) is 5. The van der Waals surface area contributed by atoms with Gasteiger partial charge in [-0.2, -0.15) is 0 Å². The van der Waals surface area contributed by atoms with Gasteiger partial charge < -0.3 is 9.47 Å². The summed E-state index contributed by atoms with van der Waals surface area (Å²) >= 11 is 0. The quantitative estimate of drug-likeness (QED) is 0.320. The molecule has 0 bridgehead atoms. The van der Waals surface area contributed by atoms with Gasteiger partial charge in [0.25, 0.3) is 5.69 Å². The Morgan fingerprint density at radius 1 is 1.18 bits per heavy atom. The molecule has 3 atom stereocenters. The summed E-state index contributed by atoms with van der Waals surface area (Å²) in [4.78, 5) is 22.6. The van der Waals surface area contributed by atoms with Crippen LogP contribution >= 0.6 is 0 Å². The average molecular weight is 400 g/mol. The zero-order valence-corrected chi connectivity index (χ0v) is 17.3. The molecule has 0 aliphatic carbocycles. The number of non-ortho nitro benzene ring substituents is 1. The number of esters is 1. The van der Waals surface area contributed by atoms with Crippen LogP contribution < -0.4 is 5.19 Å². The molecule has 6 nitrogen and oxygen atoms in total. The second kappa shape index (κ2) is 8.24. The number of hydrogen-bond donors (Lipinski definition) is 0. The third-order valence-corrected chi connectivity index (χ3v) is 8.81. The molecule has 1 aliphatic rings. The molecule has 148 valence electrons. The summed E-state index contributed by atoms with van der Waals surface area (Å²) in [7, 11) is -1.67. The van der Waals surface area contributed by atoms with Crippen LogP contribution in [0, 0.1) is 16.0 Å². The van der Waals surface area contributed by atoms with Crippen molar-refractivity contribution in [3.8, 4) is 0 Å². The van der Waals surface area contributed by atoms with E-state index in [1.54, 1.807) is 0 Å². The first-order chi connectivity index (χ1) is 13.3. The standard InChI is InChI=1S/C21H25NO5Si/c1-15-19(27-21(23)16-9-11-17(12-10-16)22(24)25)13-26-20(15)14-28(2,3)18-7-5-4-6-8-18/h4-12,15,19-20H,13-14H2,1-3H3/t15-,19-,20+/m1/s1. The Morgan fingerprint density at radius 2 is 1.82 bits per heavy atom. The summed E-state index contributed by atoms with van der Waals surface area (Å²) in [5, 5.41) is 12.1. The first-order valence-electron chi connectivity index (χ1n) is 9.40. The number of ether oxygens (including phenoxy) is 2. The third-order valence-electron chi connectivity index (χ3n) is 5.49. The van der Waals surface area contributed by atoms with Gasteiger partial charge in [-0.25, -0.2) is 4.79 Å². The number of nitrogens with zero attached hydrogens (tertiary/aromatic N) is 1. The van der Waals surface area contributed by atoms with Crippen LogP contribution in [0.15, 0.2) is 54.6 Å². The maximum absolute atomic E-state index is 12.4. The Labute approximate surface area is 165 Å². The van der Waals surface area contributed by atoms with E-state index in [0.717, 1.165) is 6.04 Å². The van der Waals surface area contributed by atoms with Crippen molar-refractivity contribution in [2.24, 2.45) is 5.92 Å². The molecule has 3 rings (SSSR count). The summed E-state index contributed by atoms with van der Waals surface area (Å²) in [5.41, 5.74) is 0.252. The molecule has 1 heterocycles. The van der Waals surface area contributed by atoms with Crippen LogP contribution in [0.3, 0.4) is 0 Å². The van der Waals surface area contributed by atoms with Crippen LogP contribution in [0.5, 0.6) is 0 Å². The number of benzene rings is 2. The molecule has 0 saturated carbocycles. The third kappa shape index (κ3) is 4.48. The van der Waals surface area contributed by atoms with Crippen LogP contribution in [0.1, 0.15) is 17.3 Å². The zero-order chi connectivity index (χ0) is 20.3. The van der Waals surface area contributed by atoms with Crippen molar-refractivity contribution in [3.05, 3.63) is 70.3 Å². The molecule has 2 aromatic rings. The molecule has 0 N–H and O–H groups in total. The number of rotatable bonds is 6. The van der Waals surface area contributed by atoms with Crippen molar-refractivity contribution >= 4 is 24.9 Å². The molecule has 2 aromatic carbocycles. The molecule has 0 unspecified atom stereocenters. The first kappa shape index (κ1) is 20.2. The fraction of sp³-hybridized carbons (Fsp3) is 0.381. The predicted octanol–water partition coefficient (Wildman–Crippen LogP) is 3.77. The Morgan fingerprint density at radius 3 is 2.43 bits per heavy atom. The van der Waals surface area contributed by atoms with Crippen LogP contribution in [0.4, 0.5) is 5.69 Å². The van der Waals surface area contributed by atoms with Gasteiger partial charge in [-0.05, 0) is 18.2 Å². The van der Waals surface area contributed by atoms with E-state index < -0.39 is 19.0 Å². The Bertz CT molecular complexity index is 838. The van der Waals surface area contributed by atoms with E-state index in [2.05, 4.69) is 44.3 Å². The zero-order valence-electron chi connectivity index (χ0n) is 16.3. The van der Waals surface area contributed by atoms with Gasteiger partial charge in [0.05, 0.1) is 31.3 Å². The Hall–Kier alpha value is -2.51. The Kier molecular flexibility index (Phi) is 5.95. The molecule has 0 amide bonds. The van der Waals surface area contributed by atoms with Gasteiger partial charge in [0.15, 0.2) is 0 Å². The van der Waals surface area contributed by atoms with Gasteiger partial charge in [-0.1, -0.05) is 55.5 Å². The number of nitro benzene ring substituents is 1. The Balaban J connectivity index is 1.61. The van der Waals surface area contributed by atoms with Crippen molar-refractivity contribution in [1.29, 1.82) is 0 Å². The summed E-state index contributed by atoms with van der Waals surface area (Å²) in [6, 6.07) is 16.9. The SMILES string of the molecule is C[C@H]1[C@H](C[Si](C)(C)c2ccccc2)OC[C@H]1OC(=O)c1ccc([N+](=O)[O-])cc1. The van der Waals surface area contributed by atoms with Gasteiger partial charge in [-0.3, -0.25) is 10.1 Å². The molecule has 28 heavy (non-hydrogen) atoms. The lowest BCUT2D eigenvalue weighted by Crippen LogP contribution is -2.45. The summed E-state index contributed by atoms with van der Waals surface area (Å²) in [6.07, 6.45) is -0.259. The first-order valence-corrected chi connectivity index (χ1v) is 12.6. The van der Waals surface area contributed by atoms with Gasteiger partial charge in [0, 0.05) is 18.1 Å². The monoisotopic (exact) mass is 399 g/mol. The van der Waals surface area contributed by atoms with Crippen LogP contribution in [0.2, 0.25) is 19.1 Å². The number of carbonyl (C=O) groups is 1. The van der Waals surface area contributed by atoms with Gasteiger partial charge in [0.2, 0.25) is 0 Å². The van der Waals surface area contributed by atoms with Crippen molar-refractivity contribution in [3.63, 3.8) is 0 Å². The highest BCUT2D eigenvalue weighted by molar-refractivity contribution is 6.89. The second-order valence-electron chi connectivity index (χ2n) is 7.93. The highest BCUT2D eigenvalue weighted by Crippen LogP contribution is 2.30. The largest absolute Gasteiger partial charge is 0.456 e. The van der Waals surface area contributed by atoms with Crippen molar-refractivity contribution in [1.82, 2.24) is 0 Å². The van der Waals surface area contributed by atoms with E-state index in [0.29, 0.717) is 12.2 Å². The fourth-order valence-electron chi connectivity index (χ4n) is 3.58. The minimum atomic E-state index is -1.67. The van der Waals surface area contributed by atoms with E-state index in [1.807, 2.05) is 6.07 Å². The second-order valence-corrected chi connectivity index (χ2v) is 12.7. The molecular formula is C21H25NO5Si. The smallest absolute Gasteiger partial charge is 0.338 e. The van der Waals surface area contributed by atoms with Gasteiger partial charge in [-0.15, -0.1) is 0 Å². The van der Waals surface area contributed by atoms with Crippen LogP contribution in [-0.2, 0) is 9.47 Å². The summed E-state index contributed by atoms with van der Waals surface area (Å²) in [6.45, 7) is 7.09. The summed E-state index contributed by atoms with van der Waals surface area (Å²) < 4.78 is 11.6. The molecule has 7 heteroatoms. The minimum absolute atomic E-state index is 0.0523. The lowest BCUT2D eigenvalue weighted by molar-refractivity contribution is -0.384. The average Bonchev–Trinajstić information content (AvgIpc) is 3.01. The topological polar surface area (TPSA) is 78.7 Å². The molecule has 0 aromatic heterocycles. The van der Waals surface area contributed by atoms with Crippen LogP contribution in [-0.4, -0.2) is 37.8 Å². The maximum Gasteiger partial charge on any atom is 0.338 e. The minimum Gasteiger partial charge on any atom is -0.456 e. The molecule has 0 radical (unpaired) electrons.